The maximum absolute atomic E-state index is 12.0. The number of hydrogen-bond donors (Lipinski definition) is 0. The van der Waals surface area contributed by atoms with E-state index in [2.05, 4.69) is 6.58 Å². The Hall–Kier alpha value is -2.03. The van der Waals surface area contributed by atoms with Crippen LogP contribution in [0, 0.1) is 0 Å². The normalized spacial score (nSPS) is 14.6. The Morgan fingerprint density at radius 2 is 1.79 bits per heavy atom. The molecule has 1 rings (SSSR count). The highest BCUT2D eigenvalue weighted by atomic mass is 31.2. The molecule has 0 spiro atoms. The Labute approximate surface area is 164 Å². The fourth-order valence-corrected chi connectivity index (χ4v) is 2.66. The molecule has 0 aliphatic rings. The van der Waals surface area contributed by atoms with E-state index in [9.17, 15) is 19.0 Å². The molecule has 0 radical (unpaired) electrons. The zero-order valence-electron chi connectivity index (χ0n) is 16.2. The summed E-state index contributed by atoms with van der Waals surface area (Å²) in [5.41, 5.74) is 0.286. The highest BCUT2D eigenvalue weighted by Gasteiger charge is 2.23. The summed E-state index contributed by atoms with van der Waals surface area (Å²) in [7, 11) is 0.923. The van der Waals surface area contributed by atoms with E-state index in [1.807, 2.05) is 21.1 Å². The van der Waals surface area contributed by atoms with Crippen molar-refractivity contribution in [3.8, 4) is 0 Å². The largest absolute Gasteiger partial charge is 0.756 e. The van der Waals surface area contributed by atoms with E-state index in [-0.39, 0.29) is 12.2 Å². The minimum Gasteiger partial charge on any atom is -0.756 e. The van der Waals surface area contributed by atoms with Crippen LogP contribution < -0.4 is 4.89 Å². The van der Waals surface area contributed by atoms with Gasteiger partial charge in [-0.15, -0.1) is 0 Å². The predicted octanol–water partition coefficient (Wildman–Crippen LogP) is 1.15. The van der Waals surface area contributed by atoms with Crippen LogP contribution in [0.5, 0.6) is 0 Å². The molecule has 0 heterocycles. The highest BCUT2D eigenvalue weighted by molar-refractivity contribution is 7.45. The number of phosphoric acid groups is 1. The highest BCUT2D eigenvalue weighted by Crippen LogP contribution is 2.39. The molecule has 28 heavy (non-hydrogen) atoms. The fourth-order valence-electron chi connectivity index (χ4n) is 1.81. The minimum atomic E-state index is -4.70. The number of hydrogen-bond acceptors (Lipinski definition) is 8. The molecule has 0 aliphatic carbocycles. The number of ether oxygens (including phenoxy) is 2. The molecular weight excluding hydrogens is 389 g/mol. The quantitative estimate of drug-likeness (QED) is 0.216. The van der Waals surface area contributed by atoms with Gasteiger partial charge in [-0.3, -0.25) is 4.57 Å². The zero-order valence-corrected chi connectivity index (χ0v) is 17.1. The standard InChI is InChI=1S/C18H26NO8P/c1-5-17(20)24-13-16(14-25-18(21)15-9-7-6-8-10-15)27-28(22,23)26-12-11-19(2,3)4/h5-10,16H,1,11-14H2,2-4H3. The van der Waals surface area contributed by atoms with Gasteiger partial charge in [0.1, 0.15) is 32.5 Å². The second-order valence-corrected chi connectivity index (χ2v) is 8.18. The van der Waals surface area contributed by atoms with Crippen molar-refractivity contribution in [3.05, 3.63) is 48.6 Å². The van der Waals surface area contributed by atoms with Crippen molar-refractivity contribution in [2.45, 2.75) is 6.10 Å². The molecule has 0 aliphatic heterocycles. The lowest BCUT2D eigenvalue weighted by molar-refractivity contribution is -0.870. The van der Waals surface area contributed by atoms with E-state index < -0.39 is 39.1 Å². The van der Waals surface area contributed by atoms with Crippen LogP contribution in [0.1, 0.15) is 10.4 Å². The van der Waals surface area contributed by atoms with Crippen LogP contribution in [-0.2, 0) is 27.9 Å². The Bertz CT molecular complexity index is 701. The first-order valence-corrected chi connectivity index (χ1v) is 9.94. The summed E-state index contributed by atoms with van der Waals surface area (Å²) in [6.45, 7) is 2.67. The van der Waals surface area contributed by atoms with Crippen molar-refractivity contribution in [2.24, 2.45) is 0 Å². The molecule has 0 bridgehead atoms. The molecule has 9 nitrogen and oxygen atoms in total. The molecule has 0 amide bonds. The lowest BCUT2D eigenvalue weighted by Crippen LogP contribution is -2.38. The first kappa shape index (κ1) is 24.0. The lowest BCUT2D eigenvalue weighted by atomic mass is 10.2. The molecule has 1 aromatic rings. The second kappa shape index (κ2) is 11.1. The number of rotatable bonds is 12. The van der Waals surface area contributed by atoms with Crippen LogP contribution >= 0.6 is 7.82 Å². The molecule has 2 unspecified atom stereocenters. The van der Waals surface area contributed by atoms with Crippen LogP contribution in [-0.4, -0.2) is 70.0 Å². The van der Waals surface area contributed by atoms with E-state index in [0.717, 1.165) is 6.08 Å². The van der Waals surface area contributed by atoms with Gasteiger partial charge in [-0.1, -0.05) is 24.8 Å². The fraction of sp³-hybridized carbons (Fsp3) is 0.444. The molecule has 10 heteroatoms. The van der Waals surface area contributed by atoms with Gasteiger partial charge in [0.15, 0.2) is 0 Å². The van der Waals surface area contributed by atoms with Gasteiger partial charge in [-0.2, -0.15) is 0 Å². The Morgan fingerprint density at radius 3 is 2.36 bits per heavy atom. The third-order valence-corrected chi connectivity index (χ3v) is 4.33. The molecule has 156 valence electrons. The summed E-state index contributed by atoms with van der Waals surface area (Å²) >= 11 is 0. The molecule has 1 aromatic carbocycles. The van der Waals surface area contributed by atoms with Crippen LogP contribution in [0.4, 0.5) is 0 Å². The predicted molar refractivity (Wildman–Crippen MR) is 99.2 cm³/mol. The first-order chi connectivity index (χ1) is 13.0. The van der Waals surface area contributed by atoms with Gasteiger partial charge in [0.25, 0.3) is 7.82 Å². The summed E-state index contributed by atoms with van der Waals surface area (Å²) in [5, 5.41) is 0. The van der Waals surface area contributed by atoms with Crippen molar-refractivity contribution in [1.29, 1.82) is 0 Å². The monoisotopic (exact) mass is 415 g/mol. The number of likely N-dealkylation sites (N-methyl/N-ethyl adjacent to an activating group) is 1. The van der Waals surface area contributed by atoms with Crippen molar-refractivity contribution in [3.63, 3.8) is 0 Å². The van der Waals surface area contributed by atoms with Crippen molar-refractivity contribution >= 4 is 19.8 Å². The maximum atomic E-state index is 12.0. The molecule has 0 fully saturated rings. The van der Waals surface area contributed by atoms with E-state index in [1.54, 1.807) is 30.3 Å². The van der Waals surface area contributed by atoms with Crippen molar-refractivity contribution in [2.75, 3.05) is 47.5 Å². The average Bonchev–Trinajstić information content (AvgIpc) is 2.62. The first-order valence-electron chi connectivity index (χ1n) is 8.48. The van der Waals surface area contributed by atoms with Gasteiger partial charge >= 0.3 is 11.9 Å². The molecule has 0 saturated carbocycles. The van der Waals surface area contributed by atoms with E-state index in [0.29, 0.717) is 11.0 Å². The molecule has 0 aromatic heterocycles. The van der Waals surface area contributed by atoms with Gasteiger partial charge in [0.05, 0.1) is 26.7 Å². The second-order valence-electron chi connectivity index (χ2n) is 6.82. The zero-order chi connectivity index (χ0) is 21.2. The van der Waals surface area contributed by atoms with Crippen LogP contribution in [0.15, 0.2) is 43.0 Å². The van der Waals surface area contributed by atoms with E-state index in [4.69, 9.17) is 18.5 Å². The number of nitrogens with zero attached hydrogens (tertiary/aromatic N) is 1. The van der Waals surface area contributed by atoms with E-state index in [1.165, 1.54) is 0 Å². The van der Waals surface area contributed by atoms with Crippen molar-refractivity contribution in [1.82, 2.24) is 0 Å². The van der Waals surface area contributed by atoms with Crippen LogP contribution in [0.25, 0.3) is 0 Å². The van der Waals surface area contributed by atoms with Gasteiger partial charge in [0.2, 0.25) is 0 Å². The van der Waals surface area contributed by atoms with Gasteiger partial charge in [-0.05, 0) is 12.1 Å². The number of carbonyl (C=O) groups excluding carboxylic acids is 2. The smallest absolute Gasteiger partial charge is 0.338 e. The maximum Gasteiger partial charge on any atom is 0.338 e. The summed E-state index contributed by atoms with van der Waals surface area (Å²) in [5.74, 6) is -1.44. The summed E-state index contributed by atoms with van der Waals surface area (Å²) in [4.78, 5) is 35.3. The number of benzene rings is 1. The third kappa shape index (κ3) is 10.3. The number of quaternary nitrogens is 1. The summed E-state index contributed by atoms with van der Waals surface area (Å²) < 4.78 is 32.1. The number of esters is 2. The van der Waals surface area contributed by atoms with Gasteiger partial charge < -0.3 is 27.9 Å². The Balaban J connectivity index is 2.67. The Morgan fingerprint density at radius 1 is 1.18 bits per heavy atom. The molecule has 0 saturated heterocycles. The van der Waals surface area contributed by atoms with Gasteiger partial charge in [0, 0.05) is 6.08 Å². The molecule has 2 atom stereocenters. The SMILES string of the molecule is C=CC(=O)OCC(COC(=O)c1ccccc1)OP(=O)([O-])OCC[N+](C)(C)C. The van der Waals surface area contributed by atoms with Crippen LogP contribution in [0.3, 0.4) is 0 Å². The summed E-state index contributed by atoms with van der Waals surface area (Å²) in [6, 6.07) is 8.14. The molecule has 0 N–H and O–H groups in total. The number of carbonyl (C=O) groups is 2. The van der Waals surface area contributed by atoms with Crippen molar-refractivity contribution < 1.29 is 42.1 Å². The van der Waals surface area contributed by atoms with E-state index >= 15 is 0 Å². The Kier molecular flexibility index (Phi) is 9.51. The third-order valence-electron chi connectivity index (χ3n) is 3.28. The average molecular weight is 415 g/mol. The van der Waals surface area contributed by atoms with Gasteiger partial charge in [-0.25, -0.2) is 9.59 Å². The topological polar surface area (TPSA) is 111 Å². The lowest BCUT2D eigenvalue weighted by Gasteiger charge is -2.29. The summed E-state index contributed by atoms with van der Waals surface area (Å²) in [6.07, 6.45) is -0.342. The number of phosphoric ester groups is 1. The van der Waals surface area contributed by atoms with Crippen LogP contribution in [0.2, 0.25) is 0 Å². The minimum absolute atomic E-state index is 0.0900. The molecular formula is C18H26NO8P.